The zero-order valence-electron chi connectivity index (χ0n) is 12.6. The predicted molar refractivity (Wildman–Crippen MR) is 79.8 cm³/mol. The van der Waals surface area contributed by atoms with Gasteiger partial charge in [0.2, 0.25) is 0 Å². The highest BCUT2D eigenvalue weighted by Crippen LogP contribution is 2.35. The van der Waals surface area contributed by atoms with Gasteiger partial charge in [0.15, 0.2) is 5.82 Å². The van der Waals surface area contributed by atoms with Crippen LogP contribution in [0.2, 0.25) is 0 Å². The Morgan fingerprint density at radius 1 is 1.43 bits per heavy atom. The minimum atomic E-state index is -0.931. The standard InChI is InChI=1S/C15H17N5O3/c1-9(14-17-18-19-20(14)12-5-6-12)16-15(23)11-4-2-3-10(7-11)8-13(21)22/h2-4,7,9,12H,5-6,8H2,1H3,(H,16,23)(H,21,22). The molecule has 0 bridgehead atoms. The number of rotatable bonds is 6. The summed E-state index contributed by atoms with van der Waals surface area (Å²) in [6.07, 6.45) is 1.99. The van der Waals surface area contributed by atoms with Gasteiger partial charge in [-0.15, -0.1) is 5.10 Å². The zero-order valence-corrected chi connectivity index (χ0v) is 12.6. The van der Waals surface area contributed by atoms with Crippen molar-refractivity contribution >= 4 is 11.9 Å². The van der Waals surface area contributed by atoms with Gasteiger partial charge in [-0.25, -0.2) is 4.68 Å². The average molecular weight is 315 g/mol. The molecule has 0 spiro atoms. The van der Waals surface area contributed by atoms with Crippen LogP contribution in [0, 0.1) is 0 Å². The van der Waals surface area contributed by atoms with Crippen molar-refractivity contribution in [2.75, 3.05) is 0 Å². The smallest absolute Gasteiger partial charge is 0.307 e. The molecular weight excluding hydrogens is 298 g/mol. The van der Waals surface area contributed by atoms with E-state index in [0.29, 0.717) is 23.0 Å². The Kier molecular flexibility index (Phi) is 4.05. The highest BCUT2D eigenvalue weighted by molar-refractivity contribution is 5.94. The predicted octanol–water partition coefficient (Wildman–Crippen LogP) is 1.13. The van der Waals surface area contributed by atoms with Crippen molar-refractivity contribution in [3.8, 4) is 0 Å². The fourth-order valence-corrected chi connectivity index (χ4v) is 2.41. The first kappa shape index (κ1) is 15.1. The van der Waals surface area contributed by atoms with Crippen LogP contribution in [-0.4, -0.2) is 37.2 Å². The van der Waals surface area contributed by atoms with Crippen LogP contribution in [-0.2, 0) is 11.2 Å². The third-order valence-electron chi connectivity index (χ3n) is 3.69. The number of nitrogens with one attached hydrogen (secondary N) is 1. The fourth-order valence-electron chi connectivity index (χ4n) is 2.41. The molecule has 0 radical (unpaired) electrons. The van der Waals surface area contributed by atoms with Crippen molar-refractivity contribution in [1.82, 2.24) is 25.5 Å². The maximum Gasteiger partial charge on any atom is 0.307 e. The van der Waals surface area contributed by atoms with Crippen LogP contribution in [0.3, 0.4) is 0 Å². The number of carbonyl (C=O) groups is 2. The minimum Gasteiger partial charge on any atom is -0.481 e. The molecule has 3 rings (SSSR count). The van der Waals surface area contributed by atoms with Gasteiger partial charge in [-0.05, 0) is 47.9 Å². The summed E-state index contributed by atoms with van der Waals surface area (Å²) in [5, 5.41) is 23.3. The largest absolute Gasteiger partial charge is 0.481 e. The molecule has 8 nitrogen and oxygen atoms in total. The lowest BCUT2D eigenvalue weighted by molar-refractivity contribution is -0.136. The van der Waals surface area contributed by atoms with Gasteiger partial charge in [-0.3, -0.25) is 9.59 Å². The lowest BCUT2D eigenvalue weighted by Gasteiger charge is -2.13. The summed E-state index contributed by atoms with van der Waals surface area (Å²) >= 11 is 0. The van der Waals surface area contributed by atoms with Crippen LogP contribution in [0.15, 0.2) is 24.3 Å². The van der Waals surface area contributed by atoms with Gasteiger partial charge >= 0.3 is 5.97 Å². The summed E-state index contributed by atoms with van der Waals surface area (Å²) in [4.78, 5) is 23.1. The molecule has 1 heterocycles. The highest BCUT2D eigenvalue weighted by Gasteiger charge is 2.30. The summed E-state index contributed by atoms with van der Waals surface area (Å²) < 4.78 is 1.76. The van der Waals surface area contributed by atoms with Gasteiger partial charge in [0.25, 0.3) is 5.91 Å². The Morgan fingerprint density at radius 2 is 2.22 bits per heavy atom. The molecule has 0 aliphatic heterocycles. The van der Waals surface area contributed by atoms with E-state index in [4.69, 9.17) is 5.11 Å². The second-order valence-electron chi connectivity index (χ2n) is 5.68. The molecule has 1 unspecified atom stereocenters. The van der Waals surface area contributed by atoms with Crippen molar-refractivity contribution < 1.29 is 14.7 Å². The highest BCUT2D eigenvalue weighted by atomic mass is 16.4. The van der Waals surface area contributed by atoms with Crippen molar-refractivity contribution in [3.63, 3.8) is 0 Å². The molecule has 1 fully saturated rings. The Bertz CT molecular complexity index is 738. The second kappa shape index (κ2) is 6.15. The molecule has 1 aliphatic rings. The molecule has 1 aliphatic carbocycles. The molecule has 1 saturated carbocycles. The van der Waals surface area contributed by atoms with E-state index in [1.54, 1.807) is 28.9 Å². The normalized spacial score (nSPS) is 15.2. The van der Waals surface area contributed by atoms with E-state index in [9.17, 15) is 9.59 Å². The Labute approximate surface area is 132 Å². The first-order valence-electron chi connectivity index (χ1n) is 7.44. The molecule has 0 saturated heterocycles. The third-order valence-corrected chi connectivity index (χ3v) is 3.69. The lowest BCUT2D eigenvalue weighted by atomic mass is 10.1. The molecule has 23 heavy (non-hydrogen) atoms. The number of carbonyl (C=O) groups excluding carboxylic acids is 1. The maximum atomic E-state index is 12.3. The fraction of sp³-hybridized carbons (Fsp3) is 0.400. The zero-order chi connectivity index (χ0) is 16.4. The summed E-state index contributed by atoms with van der Waals surface area (Å²) in [5.74, 6) is -0.586. The van der Waals surface area contributed by atoms with Crippen LogP contribution >= 0.6 is 0 Å². The Morgan fingerprint density at radius 3 is 2.91 bits per heavy atom. The molecule has 1 amide bonds. The average Bonchev–Trinajstić information content (AvgIpc) is 3.23. The van der Waals surface area contributed by atoms with E-state index in [0.717, 1.165) is 12.8 Å². The van der Waals surface area contributed by atoms with Crippen LogP contribution in [0.25, 0.3) is 0 Å². The van der Waals surface area contributed by atoms with Crippen molar-refractivity contribution in [3.05, 3.63) is 41.2 Å². The number of carboxylic acid groups (broad SMARTS) is 1. The number of aromatic nitrogens is 4. The molecule has 8 heteroatoms. The van der Waals surface area contributed by atoms with E-state index < -0.39 is 5.97 Å². The summed E-state index contributed by atoms with van der Waals surface area (Å²) in [7, 11) is 0. The molecule has 1 aromatic heterocycles. The number of carboxylic acids is 1. The number of amides is 1. The monoisotopic (exact) mass is 315 g/mol. The quantitative estimate of drug-likeness (QED) is 0.826. The molecule has 120 valence electrons. The van der Waals surface area contributed by atoms with Gasteiger partial charge in [-0.1, -0.05) is 12.1 Å². The lowest BCUT2D eigenvalue weighted by Crippen LogP contribution is -2.29. The first-order chi connectivity index (χ1) is 11.0. The first-order valence-corrected chi connectivity index (χ1v) is 7.44. The number of hydrogen-bond donors (Lipinski definition) is 2. The van der Waals surface area contributed by atoms with Gasteiger partial charge < -0.3 is 10.4 Å². The number of aliphatic carboxylic acids is 1. The minimum absolute atomic E-state index is 0.114. The van der Waals surface area contributed by atoms with Crippen molar-refractivity contribution in [2.24, 2.45) is 0 Å². The summed E-state index contributed by atoms with van der Waals surface area (Å²) in [6, 6.07) is 6.59. The van der Waals surface area contributed by atoms with E-state index >= 15 is 0 Å². The van der Waals surface area contributed by atoms with Crippen molar-refractivity contribution in [1.29, 1.82) is 0 Å². The van der Waals surface area contributed by atoms with Crippen LogP contribution in [0.4, 0.5) is 0 Å². The molecule has 1 aromatic carbocycles. The van der Waals surface area contributed by atoms with E-state index in [1.807, 2.05) is 6.92 Å². The second-order valence-corrected chi connectivity index (χ2v) is 5.68. The summed E-state index contributed by atoms with van der Waals surface area (Å²) in [6.45, 7) is 1.82. The van der Waals surface area contributed by atoms with Gasteiger partial charge in [-0.2, -0.15) is 0 Å². The number of nitrogens with zero attached hydrogens (tertiary/aromatic N) is 4. The maximum absolute atomic E-state index is 12.3. The van der Waals surface area contributed by atoms with Crippen molar-refractivity contribution in [2.45, 2.75) is 38.3 Å². The molecule has 2 aromatic rings. The van der Waals surface area contributed by atoms with Crippen LogP contribution < -0.4 is 5.32 Å². The number of benzene rings is 1. The van der Waals surface area contributed by atoms with E-state index in [1.165, 1.54) is 0 Å². The molecular formula is C15H17N5O3. The molecule has 2 N–H and O–H groups in total. The van der Waals surface area contributed by atoms with Gasteiger partial charge in [0, 0.05) is 5.56 Å². The number of tetrazole rings is 1. The van der Waals surface area contributed by atoms with E-state index in [-0.39, 0.29) is 18.4 Å². The van der Waals surface area contributed by atoms with Gasteiger partial charge in [0.1, 0.15) is 0 Å². The summed E-state index contributed by atoms with van der Waals surface area (Å²) in [5.41, 5.74) is 1.00. The SMILES string of the molecule is CC(NC(=O)c1cccc(CC(=O)O)c1)c1nnnn1C1CC1. The van der Waals surface area contributed by atoms with E-state index in [2.05, 4.69) is 20.8 Å². The third kappa shape index (κ3) is 3.53. The Hall–Kier alpha value is -2.77. The topological polar surface area (TPSA) is 110 Å². The van der Waals surface area contributed by atoms with Gasteiger partial charge in [0.05, 0.1) is 18.5 Å². The van der Waals surface area contributed by atoms with Crippen LogP contribution in [0.5, 0.6) is 0 Å². The van der Waals surface area contributed by atoms with Crippen LogP contribution in [0.1, 0.15) is 53.6 Å². The number of hydrogen-bond acceptors (Lipinski definition) is 5. The Balaban J connectivity index is 1.71. The molecule has 1 atom stereocenters.